The highest BCUT2D eigenvalue weighted by Crippen LogP contribution is 2.29. The van der Waals surface area contributed by atoms with Gasteiger partial charge in [-0.3, -0.25) is 9.48 Å². The van der Waals surface area contributed by atoms with Crippen molar-refractivity contribution in [2.45, 2.75) is 25.0 Å². The third-order valence-electron chi connectivity index (χ3n) is 4.21. The number of amides is 1. The third kappa shape index (κ3) is 3.71. The van der Waals surface area contributed by atoms with Crippen LogP contribution in [-0.2, 0) is 7.05 Å². The second-order valence-corrected chi connectivity index (χ2v) is 5.91. The van der Waals surface area contributed by atoms with Gasteiger partial charge in [-0.2, -0.15) is 5.10 Å². The fraction of sp³-hybridized carbons (Fsp3) is 0.412. The number of ether oxygens (including phenoxy) is 1. The number of rotatable bonds is 5. The van der Waals surface area contributed by atoms with E-state index in [-0.39, 0.29) is 17.9 Å². The molecule has 122 valence electrons. The molecule has 0 aliphatic heterocycles. The molecule has 1 fully saturated rings. The lowest BCUT2D eigenvalue weighted by Crippen LogP contribution is -2.37. The van der Waals surface area contributed by atoms with Crippen molar-refractivity contribution in [2.75, 3.05) is 6.54 Å². The van der Waals surface area contributed by atoms with Gasteiger partial charge in [-0.15, -0.1) is 0 Å². The third-order valence-corrected chi connectivity index (χ3v) is 4.21. The van der Waals surface area contributed by atoms with E-state index in [0.717, 1.165) is 18.6 Å². The Balaban J connectivity index is 1.51. The molecule has 1 heterocycles. The predicted octanol–water partition coefficient (Wildman–Crippen LogP) is 1.37. The molecule has 23 heavy (non-hydrogen) atoms. The Morgan fingerprint density at radius 1 is 1.39 bits per heavy atom. The zero-order valence-electron chi connectivity index (χ0n) is 13.1. The maximum absolute atomic E-state index is 12.0. The van der Waals surface area contributed by atoms with Crippen LogP contribution in [0.25, 0.3) is 0 Å². The summed E-state index contributed by atoms with van der Waals surface area (Å²) in [6.07, 6.45) is 4.00. The highest BCUT2D eigenvalue weighted by atomic mass is 16.5. The lowest BCUT2D eigenvalue weighted by atomic mass is 10.1. The van der Waals surface area contributed by atoms with Gasteiger partial charge >= 0.3 is 0 Å². The number of hydrogen-bond acceptors (Lipinski definition) is 4. The molecule has 0 saturated heterocycles. The van der Waals surface area contributed by atoms with E-state index >= 15 is 0 Å². The van der Waals surface area contributed by atoms with Gasteiger partial charge < -0.3 is 15.2 Å². The van der Waals surface area contributed by atoms with Crippen molar-refractivity contribution < 1.29 is 14.6 Å². The Hall–Kier alpha value is -2.34. The zero-order chi connectivity index (χ0) is 16.2. The van der Waals surface area contributed by atoms with E-state index in [2.05, 4.69) is 10.4 Å². The molecule has 3 rings (SSSR count). The van der Waals surface area contributed by atoms with Crippen LogP contribution in [0, 0.1) is 5.92 Å². The van der Waals surface area contributed by atoms with Crippen molar-refractivity contribution in [1.29, 1.82) is 0 Å². The second-order valence-electron chi connectivity index (χ2n) is 5.91. The number of aliphatic hydroxyl groups is 1. The Kier molecular flexibility index (Phi) is 4.62. The smallest absolute Gasteiger partial charge is 0.254 e. The minimum atomic E-state index is -0.579. The lowest BCUT2D eigenvalue weighted by Gasteiger charge is -2.21. The van der Waals surface area contributed by atoms with Gasteiger partial charge in [0.1, 0.15) is 11.9 Å². The number of aromatic nitrogens is 2. The van der Waals surface area contributed by atoms with Gasteiger partial charge in [0.2, 0.25) is 0 Å². The van der Waals surface area contributed by atoms with Crippen molar-refractivity contribution in [3.8, 4) is 5.75 Å². The standard InChI is InChI=1S/C17H21N3O3/c1-20-11-13(10-19-20)17(22)18-9-12-7-8-15(16(12)21)23-14-5-3-2-4-6-14/h2-6,10-12,15-16,21H,7-9H2,1H3,(H,18,22)/t12-,15-,16-/m1/s1. The minimum absolute atomic E-state index is 0.00401. The molecule has 6 nitrogen and oxygen atoms in total. The number of para-hydroxylation sites is 1. The molecule has 2 aromatic rings. The van der Waals surface area contributed by atoms with Crippen LogP contribution in [0.1, 0.15) is 23.2 Å². The number of nitrogens with zero attached hydrogens (tertiary/aromatic N) is 2. The summed E-state index contributed by atoms with van der Waals surface area (Å²) in [5.74, 6) is 0.596. The van der Waals surface area contributed by atoms with E-state index in [1.165, 1.54) is 6.20 Å². The summed E-state index contributed by atoms with van der Waals surface area (Å²) in [6.45, 7) is 0.434. The monoisotopic (exact) mass is 315 g/mol. The second kappa shape index (κ2) is 6.83. The van der Waals surface area contributed by atoms with Crippen LogP contribution >= 0.6 is 0 Å². The average Bonchev–Trinajstić information content (AvgIpc) is 3.14. The molecule has 1 aromatic heterocycles. The first kappa shape index (κ1) is 15.6. The average molecular weight is 315 g/mol. The predicted molar refractivity (Wildman–Crippen MR) is 85.1 cm³/mol. The van der Waals surface area contributed by atoms with Gasteiger partial charge in [0.05, 0.1) is 17.9 Å². The molecular weight excluding hydrogens is 294 g/mol. The van der Waals surface area contributed by atoms with Crippen molar-refractivity contribution in [2.24, 2.45) is 13.0 Å². The van der Waals surface area contributed by atoms with Crippen molar-refractivity contribution in [3.05, 3.63) is 48.3 Å². The van der Waals surface area contributed by atoms with E-state index in [0.29, 0.717) is 12.1 Å². The highest BCUT2D eigenvalue weighted by Gasteiger charge is 2.36. The van der Waals surface area contributed by atoms with Gasteiger partial charge in [0.25, 0.3) is 5.91 Å². The molecule has 1 amide bonds. The summed E-state index contributed by atoms with van der Waals surface area (Å²) >= 11 is 0. The van der Waals surface area contributed by atoms with Crippen LogP contribution in [0.3, 0.4) is 0 Å². The highest BCUT2D eigenvalue weighted by molar-refractivity contribution is 5.93. The van der Waals surface area contributed by atoms with Gasteiger partial charge in [0, 0.05) is 25.7 Å². The summed E-state index contributed by atoms with van der Waals surface area (Å²) in [7, 11) is 1.77. The number of aryl methyl sites for hydroxylation is 1. The Morgan fingerprint density at radius 3 is 2.87 bits per heavy atom. The summed E-state index contributed by atoms with van der Waals surface area (Å²) in [5.41, 5.74) is 0.525. The molecule has 1 aliphatic rings. The number of nitrogens with one attached hydrogen (secondary N) is 1. The van der Waals surface area contributed by atoms with Crippen LogP contribution in [-0.4, -0.2) is 39.5 Å². The maximum atomic E-state index is 12.0. The Labute approximate surface area is 135 Å². The van der Waals surface area contributed by atoms with E-state index in [1.54, 1.807) is 17.9 Å². The largest absolute Gasteiger partial charge is 0.488 e. The molecule has 3 atom stereocenters. The van der Waals surface area contributed by atoms with Gasteiger partial charge in [0.15, 0.2) is 0 Å². The summed E-state index contributed by atoms with van der Waals surface area (Å²) < 4.78 is 7.42. The molecule has 1 saturated carbocycles. The number of hydrogen-bond donors (Lipinski definition) is 2. The fourth-order valence-electron chi connectivity index (χ4n) is 2.91. The van der Waals surface area contributed by atoms with Crippen molar-refractivity contribution in [1.82, 2.24) is 15.1 Å². The summed E-state index contributed by atoms with van der Waals surface area (Å²) in [5, 5.41) is 17.2. The van der Waals surface area contributed by atoms with Crippen molar-refractivity contribution >= 4 is 5.91 Å². The van der Waals surface area contributed by atoms with Crippen LogP contribution in [0.4, 0.5) is 0 Å². The first-order chi connectivity index (χ1) is 11.1. The molecule has 0 radical (unpaired) electrons. The molecule has 2 N–H and O–H groups in total. The number of aliphatic hydroxyl groups excluding tert-OH is 1. The maximum Gasteiger partial charge on any atom is 0.254 e. The van der Waals surface area contributed by atoms with E-state index in [9.17, 15) is 9.90 Å². The minimum Gasteiger partial charge on any atom is -0.488 e. The summed E-state index contributed by atoms with van der Waals surface area (Å²) in [4.78, 5) is 12.0. The fourth-order valence-corrected chi connectivity index (χ4v) is 2.91. The van der Waals surface area contributed by atoms with E-state index in [4.69, 9.17) is 4.74 Å². The number of carbonyl (C=O) groups is 1. The van der Waals surface area contributed by atoms with Crippen LogP contribution in [0.2, 0.25) is 0 Å². The van der Waals surface area contributed by atoms with Crippen LogP contribution in [0.15, 0.2) is 42.7 Å². The topological polar surface area (TPSA) is 76.4 Å². The quantitative estimate of drug-likeness (QED) is 0.874. The van der Waals surface area contributed by atoms with Crippen LogP contribution < -0.4 is 10.1 Å². The van der Waals surface area contributed by atoms with Gasteiger partial charge in [-0.05, 0) is 25.0 Å². The van der Waals surface area contributed by atoms with E-state index < -0.39 is 6.10 Å². The number of carbonyl (C=O) groups excluding carboxylic acids is 1. The molecule has 1 aliphatic carbocycles. The SMILES string of the molecule is Cn1cc(C(=O)NC[C@H]2CC[C@@H](Oc3ccccc3)[C@@H]2O)cn1. The molecule has 0 spiro atoms. The van der Waals surface area contributed by atoms with E-state index in [1.807, 2.05) is 30.3 Å². The molecule has 1 aromatic carbocycles. The molecule has 6 heteroatoms. The first-order valence-corrected chi connectivity index (χ1v) is 7.80. The normalized spacial score (nSPS) is 23.7. The van der Waals surface area contributed by atoms with Crippen molar-refractivity contribution in [3.63, 3.8) is 0 Å². The Bertz CT molecular complexity index is 656. The molecule has 0 unspecified atom stereocenters. The number of benzene rings is 1. The lowest BCUT2D eigenvalue weighted by molar-refractivity contribution is 0.0348. The molecule has 0 bridgehead atoms. The molecular formula is C17H21N3O3. The Morgan fingerprint density at radius 2 is 2.17 bits per heavy atom. The van der Waals surface area contributed by atoms with Gasteiger partial charge in [-0.1, -0.05) is 18.2 Å². The van der Waals surface area contributed by atoms with Gasteiger partial charge in [-0.25, -0.2) is 0 Å². The zero-order valence-corrected chi connectivity index (χ0v) is 13.1. The summed E-state index contributed by atoms with van der Waals surface area (Å²) in [6, 6.07) is 9.49. The first-order valence-electron chi connectivity index (χ1n) is 7.80. The van der Waals surface area contributed by atoms with Crippen LogP contribution in [0.5, 0.6) is 5.75 Å².